The van der Waals surface area contributed by atoms with Gasteiger partial charge in [0, 0.05) is 12.8 Å². The van der Waals surface area contributed by atoms with E-state index in [0.29, 0.717) is 12.8 Å². The molecular weight excluding hydrogens is 913 g/mol. The predicted octanol–water partition coefficient (Wildman–Crippen LogP) is 9.11. The molecule has 2 saturated heterocycles. The molecule has 0 aliphatic carbocycles. The Hall–Kier alpha value is -2.02. The van der Waals surface area contributed by atoms with Gasteiger partial charge in [-0.05, 0) is 44.9 Å². The Labute approximate surface area is 428 Å². The fraction of sp³-hybridized carbons (Fsp3) is 0.893. The van der Waals surface area contributed by atoms with Crippen LogP contribution in [-0.4, -0.2) is 142 Å². The molecule has 2 heterocycles. The van der Waals surface area contributed by atoms with Gasteiger partial charge in [0.15, 0.2) is 18.7 Å². The number of rotatable bonds is 45. The van der Waals surface area contributed by atoms with Gasteiger partial charge < -0.3 is 64.2 Å². The summed E-state index contributed by atoms with van der Waals surface area (Å²) in [6, 6.07) is 0. The van der Waals surface area contributed by atoms with Gasteiger partial charge in [-0.2, -0.15) is 0 Å². The summed E-state index contributed by atoms with van der Waals surface area (Å²) in [5, 5.41) is 72.2. The van der Waals surface area contributed by atoms with E-state index in [9.17, 15) is 45.3 Å². The molecule has 0 saturated carbocycles. The van der Waals surface area contributed by atoms with Gasteiger partial charge in [-0.15, -0.1) is 0 Å². The zero-order valence-corrected chi connectivity index (χ0v) is 44.2. The van der Waals surface area contributed by atoms with Crippen molar-refractivity contribution >= 4 is 11.9 Å². The van der Waals surface area contributed by atoms with E-state index in [4.69, 9.17) is 28.4 Å². The minimum atomic E-state index is -1.77. The molecule has 15 nitrogen and oxygen atoms in total. The maximum absolute atomic E-state index is 13.0. The van der Waals surface area contributed by atoms with Crippen molar-refractivity contribution in [3.63, 3.8) is 0 Å². The third-order valence-electron chi connectivity index (χ3n) is 13.7. The molecule has 7 N–H and O–H groups in total. The van der Waals surface area contributed by atoms with Crippen molar-refractivity contribution in [1.29, 1.82) is 0 Å². The Kier molecular flexibility index (Phi) is 39.6. The van der Waals surface area contributed by atoms with E-state index in [2.05, 4.69) is 38.2 Å². The minimum Gasteiger partial charge on any atom is -0.462 e. The summed E-state index contributed by atoms with van der Waals surface area (Å²) in [7, 11) is 0. The molecular formula is C56H102O15. The predicted molar refractivity (Wildman–Crippen MR) is 275 cm³/mol. The molecule has 2 fully saturated rings. The normalized spacial score (nSPS) is 25.3. The van der Waals surface area contributed by atoms with Gasteiger partial charge in [0.05, 0.1) is 19.8 Å². The monoisotopic (exact) mass is 1010 g/mol. The Balaban J connectivity index is 1.76. The van der Waals surface area contributed by atoms with Crippen LogP contribution in [0.25, 0.3) is 0 Å². The topological polar surface area (TPSA) is 231 Å². The van der Waals surface area contributed by atoms with Gasteiger partial charge in [0.25, 0.3) is 0 Å². The van der Waals surface area contributed by atoms with E-state index in [1.165, 1.54) is 141 Å². The molecule has 0 radical (unpaired) electrons. The summed E-state index contributed by atoms with van der Waals surface area (Å²) in [6.07, 6.45) is 29.2. The van der Waals surface area contributed by atoms with Crippen LogP contribution in [-0.2, 0) is 38.0 Å². The zero-order chi connectivity index (χ0) is 51.7. The highest BCUT2D eigenvalue weighted by Gasteiger charge is 2.47. The highest BCUT2D eigenvalue weighted by atomic mass is 16.7. The molecule has 0 spiro atoms. The molecule has 0 aromatic heterocycles. The molecule has 0 aromatic carbocycles. The lowest BCUT2D eigenvalue weighted by atomic mass is 9.98. The third-order valence-corrected chi connectivity index (χ3v) is 13.7. The first-order chi connectivity index (χ1) is 34.5. The van der Waals surface area contributed by atoms with E-state index in [0.717, 1.165) is 44.9 Å². The van der Waals surface area contributed by atoms with Crippen LogP contribution < -0.4 is 0 Å². The fourth-order valence-electron chi connectivity index (χ4n) is 9.01. The number of aliphatic hydroxyl groups is 7. The van der Waals surface area contributed by atoms with E-state index < -0.39 is 99.3 Å². The average Bonchev–Trinajstić information content (AvgIpc) is 3.36. The summed E-state index contributed by atoms with van der Waals surface area (Å²) >= 11 is 0. The molecule has 2 aliphatic heterocycles. The third kappa shape index (κ3) is 30.8. The van der Waals surface area contributed by atoms with Gasteiger partial charge in [-0.25, -0.2) is 0 Å². The van der Waals surface area contributed by atoms with E-state index >= 15 is 0 Å². The highest BCUT2D eigenvalue weighted by Crippen LogP contribution is 2.27. The van der Waals surface area contributed by atoms with Crippen LogP contribution in [0.15, 0.2) is 24.3 Å². The molecule has 15 heteroatoms. The number of ether oxygens (including phenoxy) is 6. The molecule has 11 atom stereocenters. The lowest BCUT2D eigenvalue weighted by molar-refractivity contribution is -0.332. The molecule has 4 unspecified atom stereocenters. The Morgan fingerprint density at radius 1 is 0.451 bits per heavy atom. The highest BCUT2D eigenvalue weighted by molar-refractivity contribution is 5.70. The molecule has 2 rings (SSSR count). The van der Waals surface area contributed by atoms with Crippen LogP contribution in [0.3, 0.4) is 0 Å². The minimum absolute atomic E-state index is 0.126. The first-order valence-electron chi connectivity index (χ1n) is 28.4. The number of allylic oxidation sites excluding steroid dienone is 4. The standard InChI is InChI=1S/C56H102O15/c1-3-5-7-9-11-13-15-17-19-20-21-22-23-25-26-28-30-32-34-36-38-47(58)66-41-44(69-48(59)39-37-35-33-31-29-27-24-18-16-14-12-10-8-6-4-2)42-67-55-54(65)52(63)50(61)46(71-55)43-68-56-53(64)51(62)49(60)45(40-57)70-56/h18,24,29,31,44-46,49-57,60-65H,3-17,19-23,25-28,30,32-43H2,1-2H3/b24-18+,31-29+/t44-,45+,46+,49-,50-,51?,52?,53?,54?,55+,56+/m0/s1. The maximum Gasteiger partial charge on any atom is 0.306 e. The van der Waals surface area contributed by atoms with E-state index in [-0.39, 0.29) is 19.4 Å². The van der Waals surface area contributed by atoms with Gasteiger partial charge in [0.1, 0.15) is 55.4 Å². The smallest absolute Gasteiger partial charge is 0.306 e. The second kappa shape index (κ2) is 43.2. The molecule has 71 heavy (non-hydrogen) atoms. The van der Waals surface area contributed by atoms with Crippen molar-refractivity contribution < 1.29 is 73.8 Å². The van der Waals surface area contributed by atoms with Crippen LogP contribution in [0.5, 0.6) is 0 Å². The molecule has 0 aromatic rings. The van der Waals surface area contributed by atoms with Crippen molar-refractivity contribution in [1.82, 2.24) is 0 Å². The van der Waals surface area contributed by atoms with Crippen LogP contribution in [0, 0.1) is 0 Å². The lowest BCUT2D eigenvalue weighted by Gasteiger charge is -2.42. The first-order valence-corrected chi connectivity index (χ1v) is 28.4. The van der Waals surface area contributed by atoms with E-state index in [1.54, 1.807) is 0 Å². The number of carbonyl (C=O) groups excluding carboxylic acids is 2. The van der Waals surface area contributed by atoms with Crippen LogP contribution in [0.2, 0.25) is 0 Å². The van der Waals surface area contributed by atoms with Gasteiger partial charge in [-0.3, -0.25) is 9.59 Å². The van der Waals surface area contributed by atoms with Crippen molar-refractivity contribution in [3.05, 3.63) is 24.3 Å². The Morgan fingerprint density at radius 2 is 0.845 bits per heavy atom. The fourth-order valence-corrected chi connectivity index (χ4v) is 9.01. The van der Waals surface area contributed by atoms with Crippen molar-refractivity contribution in [3.8, 4) is 0 Å². The number of carbonyl (C=O) groups is 2. The van der Waals surface area contributed by atoms with Gasteiger partial charge in [-0.1, -0.05) is 192 Å². The van der Waals surface area contributed by atoms with Crippen molar-refractivity contribution in [2.24, 2.45) is 0 Å². The second-order valence-corrected chi connectivity index (χ2v) is 20.1. The largest absolute Gasteiger partial charge is 0.462 e. The summed E-state index contributed by atoms with van der Waals surface area (Å²) in [4.78, 5) is 25.8. The molecule has 0 amide bonds. The van der Waals surface area contributed by atoms with Gasteiger partial charge >= 0.3 is 11.9 Å². The van der Waals surface area contributed by atoms with Crippen molar-refractivity contribution in [2.75, 3.05) is 26.4 Å². The number of unbranched alkanes of at least 4 members (excludes halogenated alkanes) is 27. The van der Waals surface area contributed by atoms with E-state index in [1.807, 2.05) is 0 Å². The number of esters is 2. The lowest BCUT2D eigenvalue weighted by Crippen LogP contribution is -2.61. The van der Waals surface area contributed by atoms with Crippen LogP contribution in [0.4, 0.5) is 0 Å². The van der Waals surface area contributed by atoms with Gasteiger partial charge in [0.2, 0.25) is 0 Å². The number of hydrogen-bond acceptors (Lipinski definition) is 15. The summed E-state index contributed by atoms with van der Waals surface area (Å²) in [5.74, 6) is -0.952. The molecule has 416 valence electrons. The summed E-state index contributed by atoms with van der Waals surface area (Å²) in [5.41, 5.74) is 0. The summed E-state index contributed by atoms with van der Waals surface area (Å²) in [6.45, 7) is 2.59. The molecule has 2 aliphatic rings. The first kappa shape index (κ1) is 65.1. The van der Waals surface area contributed by atoms with Crippen molar-refractivity contribution in [2.45, 2.75) is 293 Å². The average molecular weight is 1020 g/mol. The maximum atomic E-state index is 13.0. The number of hydrogen-bond donors (Lipinski definition) is 7. The Bertz CT molecular complexity index is 1330. The van der Waals surface area contributed by atoms with Crippen LogP contribution >= 0.6 is 0 Å². The Morgan fingerprint density at radius 3 is 1.34 bits per heavy atom. The summed E-state index contributed by atoms with van der Waals surface area (Å²) < 4.78 is 33.6. The quantitative estimate of drug-likeness (QED) is 0.0171. The number of aliphatic hydroxyl groups excluding tert-OH is 7. The molecule has 0 bridgehead atoms. The van der Waals surface area contributed by atoms with Crippen LogP contribution in [0.1, 0.15) is 226 Å². The SMILES string of the molecule is CCCCCCCC/C=C/C/C=C/CCCCC(=O)O[C@@H](COC(=O)CCCCCCCCCCCCCCCCCCCCCC)CO[C@@H]1O[C@H](CO[C@@H]2O[C@H](CO)[C@H](O)C(O)C2O)[C@H](O)C(O)C1O. The zero-order valence-electron chi connectivity index (χ0n) is 44.2. The second-order valence-electron chi connectivity index (χ2n) is 20.1.